The molecule has 1 unspecified atom stereocenters. The van der Waals surface area contributed by atoms with Gasteiger partial charge in [-0.05, 0) is 23.8 Å². The molecule has 26 heavy (non-hydrogen) atoms. The van der Waals surface area contributed by atoms with Gasteiger partial charge in [0.25, 0.3) is 0 Å². The van der Waals surface area contributed by atoms with Crippen LogP contribution in [-0.2, 0) is 29.5 Å². The number of benzene rings is 2. The monoisotopic (exact) mass is 416 g/mol. The molecule has 1 heterocycles. The van der Waals surface area contributed by atoms with Gasteiger partial charge in [-0.1, -0.05) is 53.5 Å². The number of hydrogen-bond acceptors (Lipinski definition) is 6. The number of carbonyl (C=O) groups excluding carboxylic acids is 1. The number of ketones is 1. The van der Waals surface area contributed by atoms with Crippen LogP contribution in [0.15, 0.2) is 60.2 Å². The standard InChI is InChI=1S/C17H13Cl2NO5S/c18-11-6-7-13(19)12(8-11)15-14(21)16(17(20)24-15)25-26(22,23)9-10-4-2-1-3-5-10/h1-8,15H,9,20H2/i9D2,15D. The lowest BCUT2D eigenvalue weighted by Crippen LogP contribution is -2.16. The normalized spacial score (nSPS) is 22.4. The van der Waals surface area contributed by atoms with E-state index in [4.69, 9.17) is 42.0 Å². The molecular weight excluding hydrogens is 401 g/mol. The van der Waals surface area contributed by atoms with Crippen LogP contribution in [0.2, 0.25) is 10.0 Å². The Hall–Kier alpha value is -2.22. The van der Waals surface area contributed by atoms with Crippen LogP contribution >= 0.6 is 23.2 Å². The fraction of sp³-hybridized carbons (Fsp3) is 0.118. The van der Waals surface area contributed by atoms with Crippen LogP contribution in [0.3, 0.4) is 0 Å². The minimum atomic E-state index is -5.06. The largest absolute Gasteiger partial charge is 0.460 e. The molecule has 0 aromatic heterocycles. The first kappa shape index (κ1) is 14.9. The van der Waals surface area contributed by atoms with E-state index in [0.717, 1.165) is 0 Å². The Morgan fingerprint density at radius 1 is 1.23 bits per heavy atom. The van der Waals surface area contributed by atoms with Crippen molar-refractivity contribution in [3.63, 3.8) is 0 Å². The highest BCUT2D eigenvalue weighted by Crippen LogP contribution is 2.37. The highest BCUT2D eigenvalue weighted by atomic mass is 35.5. The van der Waals surface area contributed by atoms with Crippen LogP contribution in [-0.4, -0.2) is 14.2 Å². The second-order valence-electron chi connectivity index (χ2n) is 5.08. The second kappa shape index (κ2) is 7.19. The summed E-state index contributed by atoms with van der Waals surface area (Å²) in [5.41, 5.74) is 2.18. The molecule has 0 aliphatic carbocycles. The lowest BCUT2D eigenvalue weighted by Gasteiger charge is -2.12. The van der Waals surface area contributed by atoms with Crippen molar-refractivity contribution in [2.24, 2.45) is 5.73 Å². The molecule has 2 aromatic rings. The van der Waals surface area contributed by atoms with Crippen LogP contribution in [0, 0.1) is 0 Å². The van der Waals surface area contributed by atoms with Crippen LogP contribution < -0.4 is 5.73 Å². The third-order valence-corrected chi connectivity index (χ3v) is 4.67. The Labute approximate surface area is 164 Å². The van der Waals surface area contributed by atoms with Crippen molar-refractivity contribution in [1.82, 2.24) is 0 Å². The molecule has 1 atom stereocenters. The van der Waals surface area contributed by atoms with Crippen molar-refractivity contribution in [3.8, 4) is 0 Å². The van der Waals surface area contributed by atoms with Crippen LogP contribution in [0.1, 0.15) is 21.3 Å². The summed E-state index contributed by atoms with van der Waals surface area (Å²) < 4.78 is 59.2. The van der Waals surface area contributed by atoms with Crippen LogP contribution in [0.25, 0.3) is 0 Å². The number of hydrogen-bond donors (Lipinski definition) is 1. The van der Waals surface area contributed by atoms with Crippen molar-refractivity contribution in [2.45, 2.75) is 11.8 Å². The third kappa shape index (κ3) is 3.95. The van der Waals surface area contributed by atoms with Gasteiger partial charge in [0.2, 0.25) is 17.4 Å². The molecule has 0 fully saturated rings. The molecule has 9 heteroatoms. The van der Waals surface area contributed by atoms with E-state index in [9.17, 15) is 13.2 Å². The molecular formula is C17H13Cl2NO5S. The molecule has 0 spiro atoms. The minimum Gasteiger partial charge on any atom is -0.460 e. The van der Waals surface area contributed by atoms with E-state index in [1.165, 1.54) is 42.5 Å². The van der Waals surface area contributed by atoms with Gasteiger partial charge in [-0.2, -0.15) is 8.42 Å². The summed E-state index contributed by atoms with van der Waals surface area (Å²) in [6, 6.07) is 10.9. The van der Waals surface area contributed by atoms with Crippen LogP contribution in [0.4, 0.5) is 0 Å². The molecule has 6 nitrogen and oxygen atoms in total. The van der Waals surface area contributed by atoms with E-state index in [2.05, 4.69) is 0 Å². The molecule has 0 saturated heterocycles. The van der Waals surface area contributed by atoms with Gasteiger partial charge in [-0.25, -0.2) is 0 Å². The number of halogens is 2. The van der Waals surface area contributed by atoms with Gasteiger partial charge in [0.1, 0.15) is 5.70 Å². The van der Waals surface area contributed by atoms with E-state index in [0.29, 0.717) is 0 Å². The Morgan fingerprint density at radius 3 is 2.62 bits per heavy atom. The van der Waals surface area contributed by atoms with Crippen molar-refractivity contribution < 1.29 is 26.2 Å². The molecule has 136 valence electrons. The van der Waals surface area contributed by atoms with Crippen molar-refractivity contribution in [1.29, 1.82) is 0 Å². The summed E-state index contributed by atoms with van der Waals surface area (Å²) in [4.78, 5) is 12.8. The Bertz CT molecular complexity index is 1130. The zero-order chi connectivity index (χ0) is 21.6. The summed E-state index contributed by atoms with van der Waals surface area (Å²) in [5, 5.41) is 0.0997. The zero-order valence-corrected chi connectivity index (χ0v) is 15.2. The second-order valence-corrected chi connectivity index (χ2v) is 7.21. The Morgan fingerprint density at radius 2 is 1.92 bits per heavy atom. The van der Waals surface area contributed by atoms with E-state index in [-0.39, 0.29) is 21.2 Å². The molecule has 0 saturated carbocycles. The average Bonchev–Trinajstić information content (AvgIpc) is 2.88. The van der Waals surface area contributed by atoms with Crippen molar-refractivity contribution in [2.75, 3.05) is 0 Å². The predicted octanol–water partition coefficient (Wildman–Crippen LogP) is 3.31. The van der Waals surface area contributed by atoms with E-state index in [1.54, 1.807) is 6.07 Å². The summed E-state index contributed by atoms with van der Waals surface area (Å²) in [7, 11) is -5.06. The molecule has 3 rings (SSSR count). The fourth-order valence-electron chi connectivity index (χ4n) is 2.13. The molecule has 0 radical (unpaired) electrons. The molecule has 0 amide bonds. The quantitative estimate of drug-likeness (QED) is 0.750. The number of nitrogens with two attached hydrogens (primary N) is 1. The lowest BCUT2D eigenvalue weighted by molar-refractivity contribution is -0.123. The van der Waals surface area contributed by atoms with E-state index in [1.807, 2.05) is 0 Å². The average molecular weight is 417 g/mol. The van der Waals surface area contributed by atoms with Crippen molar-refractivity contribution >= 4 is 39.1 Å². The highest BCUT2D eigenvalue weighted by molar-refractivity contribution is 7.86. The summed E-state index contributed by atoms with van der Waals surface area (Å²) in [6.45, 7) is 0. The Kier molecular flexibility index (Phi) is 4.12. The molecule has 2 N–H and O–H groups in total. The van der Waals surface area contributed by atoms with Gasteiger partial charge >= 0.3 is 10.1 Å². The van der Waals surface area contributed by atoms with Gasteiger partial charge in [-0.3, -0.25) is 4.79 Å². The number of Topliss-reactive ketones (excluding diaryl/α,β-unsaturated/α-hetero) is 1. The maximum atomic E-state index is 12.8. The first-order valence-electron chi connectivity index (χ1n) is 8.59. The van der Waals surface area contributed by atoms with Gasteiger partial charge < -0.3 is 14.7 Å². The molecule has 1 aliphatic heterocycles. The smallest absolute Gasteiger partial charge is 0.313 e. The van der Waals surface area contributed by atoms with Gasteiger partial charge in [-0.15, -0.1) is 0 Å². The fourth-order valence-corrected chi connectivity index (χ4v) is 3.35. The molecule has 2 aromatic carbocycles. The van der Waals surface area contributed by atoms with Gasteiger partial charge in [0.15, 0.2) is 6.08 Å². The number of ether oxygens (including phenoxy) is 1. The maximum absolute atomic E-state index is 12.8. The summed E-state index contributed by atoms with van der Waals surface area (Å²) in [5.74, 6) is -3.09. The molecule has 0 bridgehead atoms. The minimum absolute atomic E-state index is 0.0470. The summed E-state index contributed by atoms with van der Waals surface area (Å²) >= 11 is 11.9. The van der Waals surface area contributed by atoms with Crippen molar-refractivity contribution in [3.05, 3.63) is 81.3 Å². The number of carbonyl (C=O) groups is 1. The third-order valence-electron chi connectivity index (χ3n) is 3.23. The maximum Gasteiger partial charge on any atom is 0.313 e. The lowest BCUT2D eigenvalue weighted by atomic mass is 10.1. The first-order valence-corrected chi connectivity index (χ1v) is 9.25. The predicted molar refractivity (Wildman–Crippen MR) is 96.7 cm³/mol. The van der Waals surface area contributed by atoms with Gasteiger partial charge in [0.05, 0.1) is 4.11 Å². The SMILES string of the molecule is [2H]C1(c2cc(Cl)ccc2Cl)OC(N)=C(OS(=O)(=O)C([2H])([2H])c2ccccc2)C1=O. The Balaban J connectivity index is 1.97. The highest BCUT2D eigenvalue weighted by Gasteiger charge is 2.40. The summed E-state index contributed by atoms with van der Waals surface area (Å²) in [6.07, 6.45) is -2.55. The first-order chi connectivity index (χ1) is 13.4. The molecule has 1 aliphatic rings. The van der Waals surface area contributed by atoms with E-state index < -0.39 is 39.3 Å². The van der Waals surface area contributed by atoms with E-state index >= 15 is 0 Å². The number of rotatable bonds is 5. The van der Waals surface area contributed by atoms with Crippen LogP contribution in [0.5, 0.6) is 0 Å². The van der Waals surface area contributed by atoms with Gasteiger partial charge in [0, 0.05) is 15.6 Å². The topological polar surface area (TPSA) is 95.7 Å². The zero-order valence-electron chi connectivity index (χ0n) is 15.9.